The average Bonchev–Trinajstić information content (AvgIpc) is 3.20. The molecule has 1 aliphatic heterocycles. The first-order valence-electron chi connectivity index (χ1n) is 10.7. The molecule has 0 unspecified atom stereocenters. The highest BCUT2D eigenvalue weighted by atomic mass is 32.1. The van der Waals surface area contributed by atoms with Crippen molar-refractivity contribution in [2.24, 2.45) is 0 Å². The number of nitrogens with one attached hydrogen (secondary N) is 1. The molecule has 0 atom stereocenters. The van der Waals surface area contributed by atoms with Crippen molar-refractivity contribution < 1.29 is 9.53 Å². The molecule has 2 aromatic carbocycles. The van der Waals surface area contributed by atoms with Gasteiger partial charge in [-0.3, -0.25) is 9.69 Å². The molecule has 1 fully saturated rings. The second kappa shape index (κ2) is 9.73. The van der Waals surface area contributed by atoms with E-state index in [4.69, 9.17) is 9.72 Å². The number of aryl methyl sites for hydroxylation is 3. The number of benzene rings is 2. The molecule has 1 amide bonds. The lowest BCUT2D eigenvalue weighted by Gasteiger charge is -2.26. The molecule has 0 radical (unpaired) electrons. The van der Waals surface area contributed by atoms with Gasteiger partial charge in [-0.15, -0.1) is 11.3 Å². The number of ether oxygens (including phenoxy) is 1. The predicted octanol–water partition coefficient (Wildman–Crippen LogP) is 4.75. The summed E-state index contributed by atoms with van der Waals surface area (Å²) in [5.74, 6) is -0.0343. The minimum atomic E-state index is -0.0343. The van der Waals surface area contributed by atoms with E-state index in [2.05, 4.69) is 53.5 Å². The number of aromatic nitrogens is 1. The lowest BCUT2D eigenvalue weighted by molar-refractivity contribution is -0.115. The third-order valence-corrected chi connectivity index (χ3v) is 6.46. The van der Waals surface area contributed by atoms with Crippen LogP contribution in [0.2, 0.25) is 0 Å². The molecular weight excluding hydrogens is 406 g/mol. The van der Waals surface area contributed by atoms with Crippen molar-refractivity contribution in [3.63, 3.8) is 0 Å². The Morgan fingerprint density at radius 3 is 2.61 bits per heavy atom. The molecule has 5 nitrogen and oxygen atoms in total. The Morgan fingerprint density at radius 2 is 1.87 bits per heavy atom. The molecule has 6 heteroatoms. The van der Waals surface area contributed by atoms with Gasteiger partial charge in [0.15, 0.2) is 0 Å². The van der Waals surface area contributed by atoms with Crippen LogP contribution in [0, 0.1) is 20.8 Å². The third kappa shape index (κ3) is 5.58. The number of hydrogen-bond acceptors (Lipinski definition) is 5. The van der Waals surface area contributed by atoms with Crippen molar-refractivity contribution in [2.75, 3.05) is 31.6 Å². The summed E-state index contributed by atoms with van der Waals surface area (Å²) in [7, 11) is 0. The summed E-state index contributed by atoms with van der Waals surface area (Å²) in [6.07, 6.45) is 0.275. The monoisotopic (exact) mass is 435 g/mol. The van der Waals surface area contributed by atoms with Gasteiger partial charge in [0.2, 0.25) is 5.91 Å². The summed E-state index contributed by atoms with van der Waals surface area (Å²) in [4.78, 5) is 19.8. The molecule has 1 N–H and O–H groups in total. The largest absolute Gasteiger partial charge is 0.379 e. The van der Waals surface area contributed by atoms with Gasteiger partial charge in [0.1, 0.15) is 5.01 Å². The standard InChI is InChI=1S/C25H29N3O2S/c1-17-11-18(2)24(19(3)12-17)27-23(29)14-22-16-31-25(26-22)21-6-4-5-20(13-21)15-28-7-9-30-10-8-28/h4-6,11-13,16H,7-10,14-15H2,1-3H3,(H,27,29). The highest BCUT2D eigenvalue weighted by Crippen LogP contribution is 2.26. The first-order valence-corrected chi connectivity index (χ1v) is 11.6. The number of nitrogens with zero attached hydrogens (tertiary/aromatic N) is 2. The van der Waals surface area contributed by atoms with Crippen LogP contribution >= 0.6 is 11.3 Å². The molecule has 0 aliphatic carbocycles. The molecular formula is C25H29N3O2S. The second-order valence-electron chi connectivity index (χ2n) is 8.23. The first-order chi connectivity index (χ1) is 15.0. The summed E-state index contributed by atoms with van der Waals surface area (Å²) < 4.78 is 5.44. The number of amides is 1. The number of thiazole rings is 1. The summed E-state index contributed by atoms with van der Waals surface area (Å²) in [5.41, 5.74) is 7.46. The number of carbonyl (C=O) groups is 1. The Labute approximate surface area is 188 Å². The summed E-state index contributed by atoms with van der Waals surface area (Å²) in [5, 5.41) is 6.01. The smallest absolute Gasteiger partial charge is 0.230 e. The van der Waals surface area contributed by atoms with E-state index in [0.29, 0.717) is 0 Å². The van der Waals surface area contributed by atoms with E-state index in [1.807, 2.05) is 19.2 Å². The van der Waals surface area contributed by atoms with Crippen LogP contribution in [0.15, 0.2) is 41.8 Å². The van der Waals surface area contributed by atoms with Crippen LogP contribution in [0.25, 0.3) is 10.6 Å². The Morgan fingerprint density at radius 1 is 1.13 bits per heavy atom. The van der Waals surface area contributed by atoms with Crippen molar-refractivity contribution in [2.45, 2.75) is 33.7 Å². The molecule has 1 aromatic heterocycles. The SMILES string of the molecule is Cc1cc(C)c(NC(=O)Cc2csc(-c3cccc(CN4CCOCC4)c3)n2)c(C)c1. The highest BCUT2D eigenvalue weighted by molar-refractivity contribution is 7.13. The van der Waals surface area contributed by atoms with Crippen LogP contribution in [0.3, 0.4) is 0 Å². The van der Waals surface area contributed by atoms with E-state index in [0.717, 1.165) is 65.9 Å². The molecule has 2 heterocycles. The van der Waals surface area contributed by atoms with Crippen LogP contribution in [0.5, 0.6) is 0 Å². The van der Waals surface area contributed by atoms with Gasteiger partial charge in [0.05, 0.1) is 25.3 Å². The average molecular weight is 436 g/mol. The fourth-order valence-corrected chi connectivity index (χ4v) is 4.88. The van der Waals surface area contributed by atoms with Gasteiger partial charge in [0.25, 0.3) is 0 Å². The van der Waals surface area contributed by atoms with Crippen LogP contribution in [0.1, 0.15) is 27.9 Å². The molecule has 162 valence electrons. The minimum Gasteiger partial charge on any atom is -0.379 e. The zero-order valence-electron chi connectivity index (χ0n) is 18.4. The summed E-state index contributed by atoms with van der Waals surface area (Å²) in [6, 6.07) is 12.7. The van der Waals surface area contributed by atoms with Crippen LogP contribution in [0.4, 0.5) is 5.69 Å². The Balaban J connectivity index is 1.41. The fourth-order valence-electron chi connectivity index (χ4n) is 4.07. The fraction of sp³-hybridized carbons (Fsp3) is 0.360. The van der Waals surface area contributed by atoms with Gasteiger partial charge < -0.3 is 10.1 Å². The van der Waals surface area contributed by atoms with Crippen molar-refractivity contribution in [3.8, 4) is 10.6 Å². The van der Waals surface area contributed by atoms with Gasteiger partial charge in [-0.2, -0.15) is 0 Å². The molecule has 31 heavy (non-hydrogen) atoms. The van der Waals surface area contributed by atoms with Crippen LogP contribution < -0.4 is 5.32 Å². The normalized spacial score (nSPS) is 14.5. The molecule has 1 saturated heterocycles. The topological polar surface area (TPSA) is 54.5 Å². The molecule has 0 spiro atoms. The van der Waals surface area contributed by atoms with Crippen LogP contribution in [-0.4, -0.2) is 42.1 Å². The van der Waals surface area contributed by atoms with E-state index < -0.39 is 0 Å². The van der Waals surface area contributed by atoms with E-state index in [-0.39, 0.29) is 12.3 Å². The minimum absolute atomic E-state index is 0.0343. The molecule has 0 bridgehead atoms. The Bertz CT molecular complexity index is 1050. The maximum atomic E-state index is 12.6. The zero-order valence-corrected chi connectivity index (χ0v) is 19.2. The zero-order chi connectivity index (χ0) is 21.8. The number of anilines is 1. The van der Waals surface area contributed by atoms with Gasteiger partial charge in [-0.1, -0.05) is 35.9 Å². The maximum absolute atomic E-state index is 12.6. The van der Waals surface area contributed by atoms with Crippen molar-refractivity contribution >= 4 is 22.9 Å². The van der Waals surface area contributed by atoms with E-state index >= 15 is 0 Å². The summed E-state index contributed by atoms with van der Waals surface area (Å²) >= 11 is 1.59. The number of rotatable bonds is 6. The highest BCUT2D eigenvalue weighted by Gasteiger charge is 2.14. The number of morpholine rings is 1. The molecule has 1 aliphatic rings. The van der Waals surface area contributed by atoms with Gasteiger partial charge in [-0.05, 0) is 43.5 Å². The predicted molar refractivity (Wildman–Crippen MR) is 127 cm³/mol. The molecule has 3 aromatic rings. The lowest BCUT2D eigenvalue weighted by Crippen LogP contribution is -2.35. The molecule has 0 saturated carbocycles. The van der Waals surface area contributed by atoms with Gasteiger partial charge >= 0.3 is 0 Å². The summed E-state index contributed by atoms with van der Waals surface area (Å²) in [6.45, 7) is 10.6. The quantitative estimate of drug-likeness (QED) is 0.607. The van der Waals surface area contributed by atoms with E-state index in [9.17, 15) is 4.79 Å². The van der Waals surface area contributed by atoms with Gasteiger partial charge in [-0.25, -0.2) is 4.98 Å². The third-order valence-electron chi connectivity index (χ3n) is 5.52. The van der Waals surface area contributed by atoms with Crippen molar-refractivity contribution in [1.29, 1.82) is 0 Å². The maximum Gasteiger partial charge on any atom is 0.230 e. The Kier molecular flexibility index (Phi) is 6.80. The van der Waals surface area contributed by atoms with E-state index in [1.54, 1.807) is 11.3 Å². The number of carbonyl (C=O) groups excluding carboxylic acids is 1. The van der Waals surface area contributed by atoms with Gasteiger partial charge in [0, 0.05) is 36.3 Å². The second-order valence-corrected chi connectivity index (χ2v) is 9.09. The first kappa shape index (κ1) is 21.7. The number of hydrogen-bond donors (Lipinski definition) is 1. The molecule has 4 rings (SSSR count). The van der Waals surface area contributed by atoms with E-state index in [1.165, 1.54) is 11.1 Å². The van der Waals surface area contributed by atoms with Crippen LogP contribution in [-0.2, 0) is 22.5 Å². The van der Waals surface area contributed by atoms with Crippen molar-refractivity contribution in [3.05, 3.63) is 69.7 Å². The Hall–Kier alpha value is -2.54. The van der Waals surface area contributed by atoms with Crippen molar-refractivity contribution in [1.82, 2.24) is 9.88 Å². The lowest BCUT2D eigenvalue weighted by atomic mass is 10.0.